The molecule has 0 bridgehead atoms. The fraction of sp³-hybridized carbons (Fsp3) is 0.333. The maximum Gasteiger partial charge on any atom is 0.211 e. The van der Waals surface area contributed by atoms with Crippen LogP contribution in [-0.4, -0.2) is 37.4 Å². The second-order valence-electron chi connectivity index (χ2n) is 5.00. The molecule has 1 aliphatic rings. The summed E-state index contributed by atoms with van der Waals surface area (Å²) in [6.07, 6.45) is 3.89. The molecule has 104 valence electrons. The quantitative estimate of drug-likeness (QED) is 0.643. The van der Waals surface area contributed by atoms with E-state index >= 15 is 0 Å². The average molecular weight is 287 g/mol. The second kappa shape index (κ2) is 5.25. The minimum Gasteiger partial charge on any atom is -0.497 e. The lowest BCUT2D eigenvalue weighted by molar-refractivity contribution is 0.415. The number of thiazole rings is 1. The number of rotatable bonds is 3. The summed E-state index contributed by atoms with van der Waals surface area (Å²) >= 11 is 1.68. The molecule has 0 radical (unpaired) electrons. The zero-order valence-electron chi connectivity index (χ0n) is 11.9. The average Bonchev–Trinajstić information content (AvgIpc) is 2.88. The first-order valence-electron chi connectivity index (χ1n) is 6.55. The Morgan fingerprint density at radius 3 is 2.95 bits per heavy atom. The van der Waals surface area contributed by atoms with E-state index < -0.39 is 0 Å². The highest BCUT2D eigenvalue weighted by atomic mass is 32.1. The van der Waals surface area contributed by atoms with Gasteiger partial charge >= 0.3 is 0 Å². The Labute approximate surface area is 122 Å². The SMILES string of the molecule is COc1ccc2c(c1)-c1nc(N=CN(C)C)sc1CC2. The van der Waals surface area contributed by atoms with Crippen molar-refractivity contribution in [1.29, 1.82) is 0 Å². The minimum atomic E-state index is 0.819. The Morgan fingerprint density at radius 1 is 1.35 bits per heavy atom. The van der Waals surface area contributed by atoms with Gasteiger partial charge in [-0.15, -0.1) is 0 Å². The Kier molecular flexibility index (Phi) is 3.44. The van der Waals surface area contributed by atoms with Crippen LogP contribution in [0.25, 0.3) is 11.3 Å². The van der Waals surface area contributed by atoms with Gasteiger partial charge in [-0.25, -0.2) is 9.98 Å². The van der Waals surface area contributed by atoms with Gasteiger partial charge in [-0.2, -0.15) is 0 Å². The molecule has 1 aromatic heterocycles. The molecule has 4 nitrogen and oxygen atoms in total. The van der Waals surface area contributed by atoms with Crippen molar-refractivity contribution in [3.63, 3.8) is 0 Å². The van der Waals surface area contributed by atoms with Crippen LogP contribution in [-0.2, 0) is 12.8 Å². The van der Waals surface area contributed by atoms with Gasteiger partial charge in [-0.1, -0.05) is 17.4 Å². The van der Waals surface area contributed by atoms with Gasteiger partial charge in [0.25, 0.3) is 0 Å². The third-order valence-electron chi connectivity index (χ3n) is 3.28. The number of methoxy groups -OCH3 is 1. The highest BCUT2D eigenvalue weighted by Crippen LogP contribution is 2.40. The van der Waals surface area contributed by atoms with Crippen LogP contribution >= 0.6 is 11.3 Å². The van der Waals surface area contributed by atoms with E-state index in [2.05, 4.69) is 22.1 Å². The molecule has 0 N–H and O–H groups in total. The van der Waals surface area contributed by atoms with E-state index in [4.69, 9.17) is 4.74 Å². The molecule has 1 aromatic carbocycles. The van der Waals surface area contributed by atoms with E-state index in [1.54, 1.807) is 24.8 Å². The molecular weight excluding hydrogens is 270 g/mol. The summed E-state index contributed by atoms with van der Waals surface area (Å²) in [4.78, 5) is 12.3. The van der Waals surface area contributed by atoms with Crippen LogP contribution in [0.2, 0.25) is 0 Å². The lowest BCUT2D eigenvalue weighted by Gasteiger charge is -2.15. The highest BCUT2D eigenvalue weighted by molar-refractivity contribution is 7.15. The molecule has 5 heteroatoms. The zero-order valence-corrected chi connectivity index (χ0v) is 12.7. The van der Waals surface area contributed by atoms with Crippen LogP contribution in [0.3, 0.4) is 0 Å². The first kappa shape index (κ1) is 13.1. The molecule has 0 spiro atoms. The summed E-state index contributed by atoms with van der Waals surface area (Å²) in [7, 11) is 5.60. The lowest BCUT2D eigenvalue weighted by Crippen LogP contribution is -2.06. The summed E-state index contributed by atoms with van der Waals surface area (Å²) in [5, 5.41) is 0.819. The predicted molar refractivity (Wildman–Crippen MR) is 83.3 cm³/mol. The highest BCUT2D eigenvalue weighted by Gasteiger charge is 2.21. The molecule has 0 aliphatic heterocycles. The molecular formula is C15H17N3OS. The number of ether oxygens (including phenoxy) is 1. The number of fused-ring (bicyclic) bond motifs is 3. The van der Waals surface area contributed by atoms with E-state index in [-0.39, 0.29) is 0 Å². The molecule has 0 saturated carbocycles. The molecule has 0 atom stereocenters. The number of nitrogens with zero attached hydrogens (tertiary/aromatic N) is 3. The van der Waals surface area contributed by atoms with Gasteiger partial charge in [0.2, 0.25) is 5.13 Å². The number of benzene rings is 1. The monoisotopic (exact) mass is 287 g/mol. The molecule has 0 unspecified atom stereocenters. The lowest BCUT2D eigenvalue weighted by atomic mass is 9.93. The Morgan fingerprint density at radius 2 is 2.20 bits per heavy atom. The summed E-state index contributed by atoms with van der Waals surface area (Å²) in [6.45, 7) is 0. The smallest absolute Gasteiger partial charge is 0.211 e. The largest absolute Gasteiger partial charge is 0.497 e. The van der Waals surface area contributed by atoms with E-state index in [9.17, 15) is 0 Å². The number of aryl methyl sites for hydroxylation is 2. The molecule has 0 amide bonds. The first-order valence-corrected chi connectivity index (χ1v) is 7.36. The van der Waals surface area contributed by atoms with Crippen molar-refractivity contribution >= 4 is 22.8 Å². The molecule has 20 heavy (non-hydrogen) atoms. The molecule has 2 aromatic rings. The van der Waals surface area contributed by atoms with Gasteiger partial charge in [-0.05, 0) is 30.5 Å². The number of aliphatic imine (C=N–C) groups is 1. The predicted octanol–water partition coefficient (Wildman–Crippen LogP) is 3.14. The van der Waals surface area contributed by atoms with E-state index in [1.807, 2.05) is 25.1 Å². The van der Waals surface area contributed by atoms with Crippen molar-refractivity contribution in [1.82, 2.24) is 9.88 Å². The molecule has 0 fully saturated rings. The van der Waals surface area contributed by atoms with Crippen molar-refractivity contribution in [3.8, 4) is 17.0 Å². The van der Waals surface area contributed by atoms with Crippen LogP contribution in [0.5, 0.6) is 5.75 Å². The van der Waals surface area contributed by atoms with Crippen LogP contribution in [0.4, 0.5) is 5.13 Å². The molecule has 3 rings (SSSR count). The van der Waals surface area contributed by atoms with Gasteiger partial charge in [0.1, 0.15) is 5.75 Å². The molecule has 0 saturated heterocycles. The summed E-state index contributed by atoms with van der Waals surface area (Å²) in [5.74, 6) is 0.878. The molecule has 1 heterocycles. The van der Waals surface area contributed by atoms with Crippen molar-refractivity contribution in [2.24, 2.45) is 4.99 Å². The Bertz CT molecular complexity index is 661. The maximum absolute atomic E-state index is 5.32. The van der Waals surface area contributed by atoms with E-state index in [0.29, 0.717) is 0 Å². The van der Waals surface area contributed by atoms with Gasteiger partial charge < -0.3 is 9.64 Å². The third kappa shape index (κ3) is 2.41. The topological polar surface area (TPSA) is 37.7 Å². The fourth-order valence-corrected chi connectivity index (χ4v) is 3.22. The van der Waals surface area contributed by atoms with Crippen LogP contribution in [0.15, 0.2) is 23.2 Å². The van der Waals surface area contributed by atoms with Crippen LogP contribution in [0.1, 0.15) is 10.4 Å². The minimum absolute atomic E-state index is 0.819. The Balaban J connectivity index is 2.02. The normalized spacial score (nSPS) is 13.2. The Hall–Kier alpha value is -1.88. The number of hydrogen-bond donors (Lipinski definition) is 0. The number of hydrogen-bond acceptors (Lipinski definition) is 4. The maximum atomic E-state index is 5.32. The summed E-state index contributed by atoms with van der Waals surface area (Å²) in [5.41, 5.74) is 3.60. The summed E-state index contributed by atoms with van der Waals surface area (Å²) in [6, 6.07) is 6.23. The second-order valence-corrected chi connectivity index (χ2v) is 6.06. The van der Waals surface area contributed by atoms with Crippen molar-refractivity contribution < 1.29 is 4.74 Å². The molecule has 1 aliphatic carbocycles. The van der Waals surface area contributed by atoms with Crippen LogP contribution in [0, 0.1) is 0 Å². The fourth-order valence-electron chi connectivity index (χ4n) is 2.31. The summed E-state index contributed by atoms with van der Waals surface area (Å²) < 4.78 is 5.32. The van der Waals surface area contributed by atoms with Gasteiger partial charge in [0.05, 0.1) is 19.1 Å². The van der Waals surface area contributed by atoms with E-state index in [1.165, 1.54) is 16.0 Å². The van der Waals surface area contributed by atoms with Crippen LogP contribution < -0.4 is 4.74 Å². The van der Waals surface area contributed by atoms with Crippen molar-refractivity contribution in [2.45, 2.75) is 12.8 Å². The van der Waals surface area contributed by atoms with E-state index in [0.717, 1.165) is 29.4 Å². The van der Waals surface area contributed by atoms with Crippen molar-refractivity contribution in [3.05, 3.63) is 28.6 Å². The zero-order chi connectivity index (χ0) is 14.1. The van der Waals surface area contributed by atoms with Gasteiger partial charge in [0.15, 0.2) is 0 Å². The van der Waals surface area contributed by atoms with Gasteiger partial charge in [0, 0.05) is 24.5 Å². The third-order valence-corrected chi connectivity index (χ3v) is 4.30. The first-order chi connectivity index (χ1) is 9.67. The number of aromatic nitrogens is 1. The standard InChI is InChI=1S/C15H17N3OS/c1-18(2)9-16-15-17-14-12-8-11(19-3)6-4-10(12)5-7-13(14)20-15/h4,6,8-9H,5,7H2,1-3H3. The van der Waals surface area contributed by atoms with Gasteiger partial charge in [-0.3, -0.25) is 0 Å². The van der Waals surface area contributed by atoms with Crippen molar-refractivity contribution in [2.75, 3.05) is 21.2 Å².